The Morgan fingerprint density at radius 1 is 1.33 bits per heavy atom. The molecule has 0 atom stereocenters. The van der Waals surface area contributed by atoms with E-state index < -0.39 is 7.12 Å². The third-order valence-electron chi connectivity index (χ3n) is 2.38. The summed E-state index contributed by atoms with van der Waals surface area (Å²) in [6.45, 7) is 5.77. The average molecular weight is 244 g/mol. The highest BCUT2D eigenvalue weighted by Crippen LogP contribution is 2.10. The average Bonchev–Trinajstić information content (AvgIpc) is 2.40. The van der Waals surface area contributed by atoms with Crippen molar-refractivity contribution in [2.75, 3.05) is 0 Å². The summed E-state index contributed by atoms with van der Waals surface area (Å²) in [6.07, 6.45) is 4.70. The van der Waals surface area contributed by atoms with Crippen LogP contribution in [0.3, 0.4) is 0 Å². The first-order chi connectivity index (χ1) is 8.67. The van der Waals surface area contributed by atoms with Crippen LogP contribution in [0.15, 0.2) is 66.4 Å². The molecular formula is C14H17BO3. The van der Waals surface area contributed by atoms with E-state index in [1.54, 1.807) is 12.2 Å². The van der Waals surface area contributed by atoms with E-state index in [1.807, 2.05) is 37.3 Å². The lowest BCUT2D eigenvalue weighted by molar-refractivity contribution is 0.210. The Hall–Kier alpha value is -1.78. The molecule has 0 unspecified atom stereocenters. The molecule has 94 valence electrons. The van der Waals surface area contributed by atoms with Gasteiger partial charge in [0, 0.05) is 0 Å². The molecule has 0 aromatic heterocycles. The molecule has 0 fully saturated rings. The summed E-state index contributed by atoms with van der Waals surface area (Å²) in [5.74, 6) is 0.571. The zero-order valence-corrected chi connectivity index (χ0v) is 10.4. The second kappa shape index (κ2) is 7.53. The molecule has 4 heteroatoms. The number of hydrogen-bond acceptors (Lipinski definition) is 3. The van der Waals surface area contributed by atoms with Gasteiger partial charge in [-0.15, -0.1) is 0 Å². The van der Waals surface area contributed by atoms with Crippen molar-refractivity contribution in [2.45, 2.75) is 13.5 Å². The van der Waals surface area contributed by atoms with Crippen molar-refractivity contribution >= 4 is 7.12 Å². The fraction of sp³-hybridized carbons (Fsp3) is 0.143. The van der Waals surface area contributed by atoms with Gasteiger partial charge in [0.2, 0.25) is 0 Å². The van der Waals surface area contributed by atoms with Gasteiger partial charge < -0.3 is 14.8 Å². The summed E-state index contributed by atoms with van der Waals surface area (Å²) in [7, 11) is -1.54. The summed E-state index contributed by atoms with van der Waals surface area (Å²) in [5.41, 5.74) is 1.35. The second-order valence-electron chi connectivity index (χ2n) is 3.69. The molecule has 0 heterocycles. The SMILES string of the molecule is C=C/C(=C\C(=C/C)OCc1ccccc1)B(O)O. The van der Waals surface area contributed by atoms with Gasteiger partial charge in [-0.25, -0.2) is 0 Å². The van der Waals surface area contributed by atoms with Crippen LogP contribution < -0.4 is 0 Å². The Labute approximate surface area is 108 Å². The van der Waals surface area contributed by atoms with E-state index in [2.05, 4.69) is 6.58 Å². The van der Waals surface area contributed by atoms with Crippen molar-refractivity contribution in [3.05, 3.63) is 71.9 Å². The first kappa shape index (κ1) is 14.3. The maximum absolute atomic E-state index is 9.08. The van der Waals surface area contributed by atoms with E-state index in [9.17, 15) is 0 Å². The Bertz CT molecular complexity index is 436. The predicted molar refractivity (Wildman–Crippen MR) is 73.5 cm³/mol. The molecule has 0 aliphatic rings. The third kappa shape index (κ3) is 4.61. The second-order valence-corrected chi connectivity index (χ2v) is 3.69. The van der Waals surface area contributed by atoms with Gasteiger partial charge in [-0.3, -0.25) is 0 Å². The topological polar surface area (TPSA) is 49.7 Å². The molecular weight excluding hydrogens is 227 g/mol. The van der Waals surface area contributed by atoms with Crippen molar-refractivity contribution in [1.82, 2.24) is 0 Å². The monoisotopic (exact) mass is 244 g/mol. The standard InChI is InChI=1S/C14H17BO3/c1-3-13(15(16)17)10-14(4-2)18-11-12-8-6-5-7-9-12/h3-10,16-17H,1,11H2,2H3/b13-10+,14-4+. The minimum atomic E-state index is -1.54. The van der Waals surface area contributed by atoms with Crippen LogP contribution in [-0.2, 0) is 11.3 Å². The quantitative estimate of drug-likeness (QED) is 0.458. The molecule has 0 aliphatic carbocycles. The molecule has 0 aliphatic heterocycles. The van der Waals surface area contributed by atoms with Gasteiger partial charge in [0.1, 0.15) is 12.4 Å². The van der Waals surface area contributed by atoms with Crippen LogP contribution in [-0.4, -0.2) is 17.2 Å². The van der Waals surface area contributed by atoms with Gasteiger partial charge in [-0.2, -0.15) is 0 Å². The molecule has 3 nitrogen and oxygen atoms in total. The van der Waals surface area contributed by atoms with Crippen LogP contribution in [0.4, 0.5) is 0 Å². The van der Waals surface area contributed by atoms with Crippen molar-refractivity contribution < 1.29 is 14.8 Å². The first-order valence-electron chi connectivity index (χ1n) is 5.70. The smallest absolute Gasteiger partial charge is 0.488 e. The number of hydrogen-bond donors (Lipinski definition) is 2. The summed E-state index contributed by atoms with van der Waals surface area (Å²) in [6, 6.07) is 9.75. The van der Waals surface area contributed by atoms with E-state index >= 15 is 0 Å². The van der Waals surface area contributed by atoms with Gasteiger partial charge in [0.15, 0.2) is 0 Å². The van der Waals surface area contributed by atoms with E-state index in [0.29, 0.717) is 17.8 Å². The number of allylic oxidation sites excluding steroid dienone is 4. The fourth-order valence-electron chi connectivity index (χ4n) is 1.35. The minimum absolute atomic E-state index is 0.302. The Balaban J connectivity index is 2.67. The van der Waals surface area contributed by atoms with Crippen LogP contribution in [0, 0.1) is 0 Å². The highest BCUT2D eigenvalue weighted by Gasteiger charge is 2.11. The molecule has 0 amide bonds. The predicted octanol–water partition coefficient (Wildman–Crippen LogP) is 2.23. The van der Waals surface area contributed by atoms with Crippen molar-refractivity contribution in [3.63, 3.8) is 0 Å². The van der Waals surface area contributed by atoms with Crippen LogP contribution in [0.5, 0.6) is 0 Å². The third-order valence-corrected chi connectivity index (χ3v) is 2.38. The maximum atomic E-state index is 9.08. The lowest BCUT2D eigenvalue weighted by Gasteiger charge is -2.08. The Kier molecular flexibility index (Phi) is 5.98. The Morgan fingerprint density at radius 3 is 2.50 bits per heavy atom. The number of rotatable bonds is 6. The van der Waals surface area contributed by atoms with E-state index in [-0.39, 0.29) is 0 Å². The summed E-state index contributed by atoms with van der Waals surface area (Å²) in [5, 5.41) is 18.2. The summed E-state index contributed by atoms with van der Waals surface area (Å²) in [4.78, 5) is 0. The highest BCUT2D eigenvalue weighted by molar-refractivity contribution is 6.51. The lowest BCUT2D eigenvalue weighted by Crippen LogP contribution is -2.14. The molecule has 1 aromatic rings. The first-order valence-corrected chi connectivity index (χ1v) is 5.70. The molecule has 1 rings (SSSR count). The van der Waals surface area contributed by atoms with Crippen molar-refractivity contribution in [2.24, 2.45) is 0 Å². The van der Waals surface area contributed by atoms with Gasteiger partial charge in [0.25, 0.3) is 0 Å². The van der Waals surface area contributed by atoms with Crippen molar-refractivity contribution in [1.29, 1.82) is 0 Å². The van der Waals surface area contributed by atoms with Gasteiger partial charge in [0.05, 0.1) is 0 Å². The minimum Gasteiger partial charge on any atom is -0.489 e. The maximum Gasteiger partial charge on any atom is 0.488 e. The molecule has 0 saturated carbocycles. The largest absolute Gasteiger partial charge is 0.489 e. The van der Waals surface area contributed by atoms with E-state index in [1.165, 1.54) is 6.08 Å². The molecule has 18 heavy (non-hydrogen) atoms. The molecule has 0 saturated heterocycles. The molecule has 2 N–H and O–H groups in total. The zero-order chi connectivity index (χ0) is 13.4. The molecule has 0 spiro atoms. The number of benzene rings is 1. The normalized spacial score (nSPS) is 12.2. The van der Waals surface area contributed by atoms with Crippen LogP contribution >= 0.6 is 0 Å². The summed E-state index contributed by atoms with van der Waals surface area (Å²) < 4.78 is 5.57. The molecule has 0 bridgehead atoms. The fourth-order valence-corrected chi connectivity index (χ4v) is 1.35. The van der Waals surface area contributed by atoms with E-state index in [0.717, 1.165) is 5.56 Å². The zero-order valence-electron chi connectivity index (χ0n) is 10.4. The Morgan fingerprint density at radius 2 is 2.00 bits per heavy atom. The van der Waals surface area contributed by atoms with Gasteiger partial charge >= 0.3 is 7.12 Å². The lowest BCUT2D eigenvalue weighted by atomic mass is 9.79. The van der Waals surface area contributed by atoms with Gasteiger partial charge in [-0.1, -0.05) is 43.0 Å². The molecule has 0 radical (unpaired) electrons. The van der Waals surface area contributed by atoms with Crippen molar-refractivity contribution in [3.8, 4) is 0 Å². The molecule has 1 aromatic carbocycles. The van der Waals surface area contributed by atoms with Crippen LogP contribution in [0.2, 0.25) is 0 Å². The van der Waals surface area contributed by atoms with E-state index in [4.69, 9.17) is 14.8 Å². The summed E-state index contributed by atoms with van der Waals surface area (Å²) >= 11 is 0. The number of ether oxygens (including phenoxy) is 1. The van der Waals surface area contributed by atoms with Gasteiger partial charge in [-0.05, 0) is 30.1 Å². The van der Waals surface area contributed by atoms with Crippen LogP contribution in [0.1, 0.15) is 12.5 Å². The van der Waals surface area contributed by atoms with Crippen LogP contribution in [0.25, 0.3) is 0 Å². The highest BCUT2D eigenvalue weighted by atomic mass is 16.5.